The molecule has 0 amide bonds. The number of nitrogens with zero attached hydrogens (tertiary/aromatic N) is 2. The molecule has 0 aliphatic rings. The van der Waals surface area contributed by atoms with Crippen molar-refractivity contribution in [3.05, 3.63) is 41.7 Å². The number of rotatable bonds is 6. The van der Waals surface area contributed by atoms with Crippen LogP contribution in [0.5, 0.6) is 0 Å². The van der Waals surface area contributed by atoms with Crippen molar-refractivity contribution in [2.75, 3.05) is 24.3 Å². The van der Waals surface area contributed by atoms with Gasteiger partial charge in [0.25, 0.3) is 0 Å². The summed E-state index contributed by atoms with van der Waals surface area (Å²) in [5.74, 6) is 2.34. The highest BCUT2D eigenvalue weighted by Crippen LogP contribution is 2.18. The Morgan fingerprint density at radius 3 is 2.70 bits per heavy atom. The largest absolute Gasteiger partial charge is 0.380 e. The van der Waals surface area contributed by atoms with Crippen LogP contribution >= 0.6 is 0 Å². The van der Waals surface area contributed by atoms with Crippen molar-refractivity contribution in [2.45, 2.75) is 20.5 Å². The third kappa shape index (κ3) is 3.93. The molecule has 0 bridgehead atoms. The Hall–Kier alpha value is -2.14. The van der Waals surface area contributed by atoms with E-state index < -0.39 is 0 Å². The first-order chi connectivity index (χ1) is 9.71. The summed E-state index contributed by atoms with van der Waals surface area (Å²) in [6, 6.07) is 9.98. The zero-order chi connectivity index (χ0) is 14.4. The predicted octanol–water partition coefficient (Wildman–Crippen LogP) is 3.11. The van der Waals surface area contributed by atoms with Crippen LogP contribution in [0.1, 0.15) is 18.3 Å². The smallest absolute Gasteiger partial charge is 0.136 e. The Morgan fingerprint density at radius 2 is 1.95 bits per heavy atom. The molecule has 0 saturated heterocycles. The Morgan fingerprint density at radius 1 is 1.15 bits per heavy atom. The van der Waals surface area contributed by atoms with Crippen molar-refractivity contribution < 1.29 is 4.74 Å². The lowest BCUT2D eigenvalue weighted by atomic mass is 10.2. The molecule has 0 unspecified atom stereocenters. The summed E-state index contributed by atoms with van der Waals surface area (Å²) in [5, 5.41) is 6.49. The first-order valence-electron chi connectivity index (χ1n) is 6.65. The second kappa shape index (κ2) is 6.86. The predicted molar refractivity (Wildman–Crippen MR) is 81.4 cm³/mol. The molecule has 5 heteroatoms. The van der Waals surface area contributed by atoms with E-state index in [0.29, 0.717) is 6.61 Å². The van der Waals surface area contributed by atoms with Gasteiger partial charge in [-0.25, -0.2) is 9.97 Å². The average molecular weight is 272 g/mol. The minimum atomic E-state index is 0.598. The molecule has 0 spiro atoms. The average Bonchev–Trinajstić information content (AvgIpc) is 2.39. The van der Waals surface area contributed by atoms with E-state index in [4.69, 9.17) is 4.74 Å². The zero-order valence-corrected chi connectivity index (χ0v) is 12.1. The SMILES string of the molecule is CCNc1cc(Nc2cccc(COC)c2)nc(C)n1. The fourth-order valence-corrected chi connectivity index (χ4v) is 1.96. The van der Waals surface area contributed by atoms with Gasteiger partial charge in [-0.1, -0.05) is 12.1 Å². The lowest BCUT2D eigenvalue weighted by Crippen LogP contribution is -2.04. The van der Waals surface area contributed by atoms with Gasteiger partial charge in [0, 0.05) is 25.4 Å². The summed E-state index contributed by atoms with van der Waals surface area (Å²) in [4.78, 5) is 8.72. The Kier molecular flexibility index (Phi) is 4.90. The Labute approximate surface area is 119 Å². The molecule has 0 aliphatic carbocycles. The van der Waals surface area contributed by atoms with Crippen LogP contribution < -0.4 is 10.6 Å². The number of nitrogens with one attached hydrogen (secondary N) is 2. The highest BCUT2D eigenvalue weighted by molar-refractivity contribution is 5.59. The lowest BCUT2D eigenvalue weighted by Gasteiger charge is -2.10. The molecule has 0 fully saturated rings. The summed E-state index contributed by atoms with van der Waals surface area (Å²) >= 11 is 0. The van der Waals surface area contributed by atoms with Gasteiger partial charge in [-0.05, 0) is 31.5 Å². The number of hydrogen-bond acceptors (Lipinski definition) is 5. The summed E-state index contributed by atoms with van der Waals surface area (Å²) in [7, 11) is 1.69. The molecule has 0 aliphatic heterocycles. The monoisotopic (exact) mass is 272 g/mol. The van der Waals surface area contributed by atoms with Gasteiger partial charge in [0.2, 0.25) is 0 Å². The van der Waals surface area contributed by atoms with Crippen molar-refractivity contribution >= 4 is 17.3 Å². The number of benzene rings is 1. The molecular weight excluding hydrogens is 252 g/mol. The molecule has 1 heterocycles. The Bertz CT molecular complexity index is 572. The molecular formula is C15H20N4O. The van der Waals surface area contributed by atoms with Gasteiger partial charge < -0.3 is 15.4 Å². The van der Waals surface area contributed by atoms with Crippen LogP contribution in [0.25, 0.3) is 0 Å². The minimum absolute atomic E-state index is 0.598. The first kappa shape index (κ1) is 14.3. The van der Waals surface area contributed by atoms with E-state index in [-0.39, 0.29) is 0 Å². The number of aromatic nitrogens is 2. The molecule has 2 aromatic rings. The van der Waals surface area contributed by atoms with E-state index in [1.54, 1.807) is 7.11 Å². The fraction of sp³-hybridized carbons (Fsp3) is 0.333. The van der Waals surface area contributed by atoms with Crippen molar-refractivity contribution in [1.29, 1.82) is 0 Å². The first-order valence-corrected chi connectivity index (χ1v) is 6.65. The number of hydrogen-bond donors (Lipinski definition) is 2. The standard InChI is InChI=1S/C15H20N4O/c1-4-16-14-9-15(18-11(2)17-14)19-13-7-5-6-12(8-13)10-20-3/h5-9H,4,10H2,1-3H3,(H2,16,17,18,19). The molecule has 1 aromatic heterocycles. The van der Waals surface area contributed by atoms with Crippen molar-refractivity contribution in [3.8, 4) is 0 Å². The molecule has 0 radical (unpaired) electrons. The molecule has 2 rings (SSSR count). The third-order valence-corrected chi connectivity index (χ3v) is 2.71. The lowest BCUT2D eigenvalue weighted by molar-refractivity contribution is 0.185. The molecule has 0 saturated carbocycles. The van der Waals surface area contributed by atoms with Crippen LogP contribution in [0.15, 0.2) is 30.3 Å². The van der Waals surface area contributed by atoms with E-state index in [9.17, 15) is 0 Å². The molecule has 0 atom stereocenters. The van der Waals surface area contributed by atoms with E-state index in [0.717, 1.165) is 35.3 Å². The molecule has 2 N–H and O–H groups in total. The molecule has 1 aromatic carbocycles. The maximum atomic E-state index is 5.14. The molecule has 20 heavy (non-hydrogen) atoms. The summed E-state index contributed by atoms with van der Waals surface area (Å²) in [6.07, 6.45) is 0. The van der Waals surface area contributed by atoms with Crippen molar-refractivity contribution in [2.24, 2.45) is 0 Å². The normalized spacial score (nSPS) is 10.3. The quantitative estimate of drug-likeness (QED) is 0.846. The van der Waals surface area contributed by atoms with Crippen LogP contribution in [-0.2, 0) is 11.3 Å². The molecule has 106 valence electrons. The number of ether oxygens (including phenoxy) is 1. The van der Waals surface area contributed by atoms with Gasteiger partial charge in [-0.3, -0.25) is 0 Å². The second-order valence-electron chi connectivity index (χ2n) is 4.47. The maximum Gasteiger partial charge on any atom is 0.136 e. The van der Waals surface area contributed by atoms with Crippen LogP contribution in [0.4, 0.5) is 17.3 Å². The Balaban J connectivity index is 2.18. The summed E-state index contributed by atoms with van der Waals surface area (Å²) < 4.78 is 5.14. The summed E-state index contributed by atoms with van der Waals surface area (Å²) in [6.45, 7) is 5.35. The van der Waals surface area contributed by atoms with Crippen LogP contribution in [0.3, 0.4) is 0 Å². The second-order valence-corrected chi connectivity index (χ2v) is 4.47. The summed E-state index contributed by atoms with van der Waals surface area (Å²) in [5.41, 5.74) is 2.11. The van der Waals surface area contributed by atoms with Crippen molar-refractivity contribution in [1.82, 2.24) is 9.97 Å². The van der Waals surface area contributed by atoms with Gasteiger partial charge >= 0.3 is 0 Å². The van der Waals surface area contributed by atoms with Crippen LogP contribution in [0, 0.1) is 6.92 Å². The molecule has 5 nitrogen and oxygen atoms in total. The van der Waals surface area contributed by atoms with Crippen molar-refractivity contribution in [3.63, 3.8) is 0 Å². The highest BCUT2D eigenvalue weighted by Gasteiger charge is 2.02. The number of aryl methyl sites for hydroxylation is 1. The third-order valence-electron chi connectivity index (χ3n) is 2.71. The van der Waals surface area contributed by atoms with E-state index in [2.05, 4.69) is 20.6 Å². The number of anilines is 3. The van der Waals surface area contributed by atoms with Crippen LogP contribution in [-0.4, -0.2) is 23.6 Å². The van der Waals surface area contributed by atoms with Gasteiger partial charge in [0.05, 0.1) is 6.61 Å². The minimum Gasteiger partial charge on any atom is -0.380 e. The van der Waals surface area contributed by atoms with Gasteiger partial charge in [0.15, 0.2) is 0 Å². The van der Waals surface area contributed by atoms with Crippen LogP contribution in [0.2, 0.25) is 0 Å². The highest BCUT2D eigenvalue weighted by atomic mass is 16.5. The van der Waals surface area contributed by atoms with Gasteiger partial charge in [0.1, 0.15) is 17.5 Å². The number of methoxy groups -OCH3 is 1. The zero-order valence-electron chi connectivity index (χ0n) is 12.1. The van der Waals surface area contributed by atoms with Gasteiger partial charge in [-0.15, -0.1) is 0 Å². The fourth-order valence-electron chi connectivity index (χ4n) is 1.96. The van der Waals surface area contributed by atoms with E-state index in [1.807, 2.05) is 44.2 Å². The van der Waals surface area contributed by atoms with Gasteiger partial charge in [-0.2, -0.15) is 0 Å². The maximum absolute atomic E-state index is 5.14. The van der Waals surface area contributed by atoms with E-state index in [1.165, 1.54) is 0 Å². The topological polar surface area (TPSA) is 59.1 Å². The van der Waals surface area contributed by atoms with E-state index >= 15 is 0 Å².